The van der Waals surface area contributed by atoms with Crippen LogP contribution in [0.15, 0.2) is 0 Å². The second-order valence-electron chi connectivity index (χ2n) is 0.408. The summed E-state index contributed by atoms with van der Waals surface area (Å²) in [6.45, 7) is 0. The molecule has 7 heavy (non-hydrogen) atoms. The summed E-state index contributed by atoms with van der Waals surface area (Å²) in [5.41, 5.74) is 0. The SMILES string of the molecule is O.[Mg+2].[O]=[Cr](=[O])([O-])[O-]. The molecule has 0 atom stereocenters. The van der Waals surface area contributed by atoms with Gasteiger partial charge < -0.3 is 5.48 Å². The average Bonchev–Trinajstić information content (AvgIpc) is 0.722. The van der Waals surface area contributed by atoms with Gasteiger partial charge in [-0.3, -0.25) is 0 Å². The van der Waals surface area contributed by atoms with Crippen LogP contribution in [0, 0.1) is 0 Å². The monoisotopic (exact) mass is 158 g/mol. The van der Waals surface area contributed by atoms with Gasteiger partial charge in [-0.25, -0.2) is 0 Å². The molecule has 0 aliphatic rings. The summed E-state index contributed by atoms with van der Waals surface area (Å²) in [6, 6.07) is 0. The van der Waals surface area contributed by atoms with Crippen LogP contribution in [-0.4, -0.2) is 28.5 Å². The number of hydrogen-bond donors (Lipinski definition) is 0. The molecule has 0 radical (unpaired) electrons. The summed E-state index contributed by atoms with van der Waals surface area (Å²) in [5, 5.41) is 0. The van der Waals surface area contributed by atoms with Gasteiger partial charge in [0.25, 0.3) is 0 Å². The molecule has 5 nitrogen and oxygen atoms in total. The molecule has 0 aromatic carbocycles. The molecule has 0 aromatic heterocycles. The van der Waals surface area contributed by atoms with Crippen molar-refractivity contribution >= 4 is 23.1 Å². The van der Waals surface area contributed by atoms with Gasteiger partial charge in [0.1, 0.15) is 0 Å². The van der Waals surface area contributed by atoms with Crippen molar-refractivity contribution in [1.82, 2.24) is 0 Å². The van der Waals surface area contributed by atoms with Gasteiger partial charge in [-0.05, 0) is 0 Å². The molecule has 0 aromatic rings. The molecule has 0 aliphatic heterocycles. The quantitative estimate of drug-likeness (QED) is 0.336. The molecule has 0 spiro atoms. The Balaban J connectivity index is -0.0000000800. The molecule has 40 valence electrons. The van der Waals surface area contributed by atoms with Crippen LogP contribution in [0.2, 0.25) is 0 Å². The molecule has 2 N–H and O–H groups in total. The Morgan fingerprint density at radius 3 is 1.14 bits per heavy atom. The molecular formula is H2CrMgO5. The second-order valence-corrected chi connectivity index (χ2v) is 1.68. The fraction of sp³-hybridized carbons (Fsp3) is 0. The van der Waals surface area contributed by atoms with Crippen LogP contribution in [0.1, 0.15) is 0 Å². The van der Waals surface area contributed by atoms with Crippen LogP contribution in [0.3, 0.4) is 0 Å². The Morgan fingerprint density at radius 1 is 1.14 bits per heavy atom. The summed E-state index contributed by atoms with van der Waals surface area (Å²) >= 11 is -5.75. The molecule has 0 fully saturated rings. The summed E-state index contributed by atoms with van der Waals surface area (Å²) < 4.78 is 34.4. The molecular weight excluding hydrogens is 156 g/mol. The van der Waals surface area contributed by atoms with Gasteiger partial charge in [-0.2, -0.15) is 0 Å². The summed E-state index contributed by atoms with van der Waals surface area (Å²) in [4.78, 5) is 0. The van der Waals surface area contributed by atoms with Gasteiger partial charge in [0, 0.05) is 0 Å². The third-order valence-corrected chi connectivity index (χ3v) is 0. The zero-order chi connectivity index (χ0) is 4.50. The van der Waals surface area contributed by atoms with Gasteiger partial charge in [-0.15, -0.1) is 0 Å². The maximum absolute atomic E-state index is 8.59. The topological polar surface area (TPSA) is 112 Å². The number of hydrogen-bond acceptors (Lipinski definition) is 4. The summed E-state index contributed by atoms with van der Waals surface area (Å²) in [5.74, 6) is 0. The zero-order valence-electron chi connectivity index (χ0n) is 3.25. The van der Waals surface area contributed by atoms with Crippen molar-refractivity contribution in [2.24, 2.45) is 0 Å². The first-order valence-electron chi connectivity index (χ1n) is 0.667. The third kappa shape index (κ3) is 255. The fourth-order valence-corrected chi connectivity index (χ4v) is 0. The molecule has 0 rings (SSSR count). The van der Waals surface area contributed by atoms with E-state index >= 15 is 0 Å². The molecule has 0 saturated carbocycles. The first-order valence-corrected chi connectivity index (χ1v) is 2.75. The van der Waals surface area contributed by atoms with Gasteiger partial charge >= 0.3 is 52.6 Å². The Hall–Kier alpha value is 0.779. The van der Waals surface area contributed by atoms with Gasteiger partial charge in [0.15, 0.2) is 0 Å². The van der Waals surface area contributed by atoms with E-state index in [0.717, 1.165) is 0 Å². The Morgan fingerprint density at radius 2 is 1.14 bits per heavy atom. The van der Waals surface area contributed by atoms with E-state index in [1.807, 2.05) is 0 Å². The summed E-state index contributed by atoms with van der Waals surface area (Å²) in [7, 11) is 0. The molecule has 0 bridgehead atoms. The normalized spacial score (nSPS) is 8.29. The Kier molecular flexibility index (Phi) is 11.0. The minimum atomic E-state index is -5.75. The van der Waals surface area contributed by atoms with E-state index < -0.39 is 13.6 Å². The van der Waals surface area contributed by atoms with Crippen molar-refractivity contribution in [3.05, 3.63) is 0 Å². The summed E-state index contributed by atoms with van der Waals surface area (Å²) in [6.07, 6.45) is 0. The minimum absolute atomic E-state index is 0. The van der Waals surface area contributed by atoms with Crippen molar-refractivity contribution in [3.8, 4) is 0 Å². The van der Waals surface area contributed by atoms with E-state index in [1.165, 1.54) is 0 Å². The van der Waals surface area contributed by atoms with Crippen LogP contribution in [-0.2, 0) is 21.2 Å². The van der Waals surface area contributed by atoms with Gasteiger partial charge in [0.05, 0.1) is 0 Å². The van der Waals surface area contributed by atoms with E-state index in [4.69, 9.17) is 15.9 Å². The van der Waals surface area contributed by atoms with Crippen molar-refractivity contribution in [3.63, 3.8) is 0 Å². The first-order chi connectivity index (χ1) is 2.00. The molecule has 0 aliphatic carbocycles. The Bertz CT molecular complexity index is 91.2. The standard InChI is InChI=1S/Cr.Mg.H2O.4O/h;;1H2;;;;/q;+2;;;;2*-1. The molecule has 0 unspecified atom stereocenters. The molecule has 7 heteroatoms. The van der Waals surface area contributed by atoms with Gasteiger partial charge in [-0.1, -0.05) is 0 Å². The maximum atomic E-state index is 8.59. The first kappa shape index (κ1) is 15.7. The van der Waals surface area contributed by atoms with Crippen molar-refractivity contribution in [1.29, 1.82) is 0 Å². The van der Waals surface area contributed by atoms with E-state index in [9.17, 15) is 0 Å². The molecule has 0 amide bonds. The van der Waals surface area contributed by atoms with Crippen LogP contribution >= 0.6 is 0 Å². The van der Waals surface area contributed by atoms with Crippen molar-refractivity contribution in [2.45, 2.75) is 0 Å². The third-order valence-electron chi connectivity index (χ3n) is 0. The van der Waals surface area contributed by atoms with E-state index in [-0.39, 0.29) is 28.5 Å². The molecule has 0 saturated heterocycles. The van der Waals surface area contributed by atoms with E-state index in [0.29, 0.717) is 0 Å². The van der Waals surface area contributed by atoms with Crippen molar-refractivity contribution < 1.29 is 35.0 Å². The van der Waals surface area contributed by atoms with Crippen LogP contribution < -0.4 is 8.32 Å². The predicted octanol–water partition coefficient (Wildman–Crippen LogP) is -3.82. The Labute approximate surface area is 58.2 Å². The van der Waals surface area contributed by atoms with Gasteiger partial charge in [0.2, 0.25) is 0 Å². The predicted molar refractivity (Wildman–Crippen MR) is 10.7 cm³/mol. The number of rotatable bonds is 0. The van der Waals surface area contributed by atoms with Crippen LogP contribution in [0.5, 0.6) is 0 Å². The zero-order valence-corrected chi connectivity index (χ0v) is 5.94. The van der Waals surface area contributed by atoms with Crippen LogP contribution in [0.25, 0.3) is 0 Å². The fourth-order valence-electron chi connectivity index (χ4n) is 0. The van der Waals surface area contributed by atoms with Crippen LogP contribution in [0.4, 0.5) is 0 Å². The average molecular weight is 158 g/mol. The van der Waals surface area contributed by atoms with Crippen molar-refractivity contribution in [2.75, 3.05) is 0 Å². The van der Waals surface area contributed by atoms with E-state index in [2.05, 4.69) is 0 Å². The van der Waals surface area contributed by atoms with E-state index in [1.54, 1.807) is 0 Å². The molecule has 0 heterocycles. The second kappa shape index (κ2) is 4.93.